The van der Waals surface area contributed by atoms with Crippen molar-refractivity contribution in [3.05, 3.63) is 58.8 Å². The van der Waals surface area contributed by atoms with Gasteiger partial charge in [0.1, 0.15) is 0 Å². The number of fused-ring (bicyclic) bond motifs is 1. The van der Waals surface area contributed by atoms with E-state index in [9.17, 15) is 0 Å². The fourth-order valence-corrected chi connectivity index (χ4v) is 10.6. The Morgan fingerprint density at radius 1 is 0.875 bits per heavy atom. The van der Waals surface area contributed by atoms with Gasteiger partial charge in [0.2, 0.25) is 0 Å². The van der Waals surface area contributed by atoms with Gasteiger partial charge in [-0.25, -0.2) is 0 Å². The van der Waals surface area contributed by atoms with E-state index in [-0.39, 0.29) is 24.8 Å². The maximum Gasteiger partial charge on any atom is -1.00 e. The van der Waals surface area contributed by atoms with E-state index in [4.69, 9.17) is 0 Å². The molecule has 0 saturated heterocycles. The molecular formula is C21H26Cl2Hf. The van der Waals surface area contributed by atoms with Crippen molar-refractivity contribution in [3.63, 3.8) is 0 Å². The summed E-state index contributed by atoms with van der Waals surface area (Å²) in [6, 6.07) is 9.02. The Morgan fingerprint density at radius 2 is 1.46 bits per heavy atom. The summed E-state index contributed by atoms with van der Waals surface area (Å²) in [5.41, 5.74) is 9.69. The largest absolute Gasteiger partial charge is 1.00 e. The average Bonchev–Trinajstić information content (AvgIpc) is 2.81. The first-order valence-corrected chi connectivity index (χ1v) is 11.8. The minimum atomic E-state index is -0.997. The van der Waals surface area contributed by atoms with Crippen molar-refractivity contribution in [3.8, 4) is 0 Å². The van der Waals surface area contributed by atoms with Gasteiger partial charge in [-0.15, -0.1) is 0 Å². The maximum atomic E-state index is 2.44. The van der Waals surface area contributed by atoms with Crippen molar-refractivity contribution in [2.24, 2.45) is 5.41 Å². The molecule has 1 aromatic rings. The predicted molar refractivity (Wildman–Crippen MR) is 92.3 cm³/mol. The van der Waals surface area contributed by atoms with E-state index in [1.54, 1.807) is 27.9 Å². The molecule has 0 bridgehead atoms. The number of rotatable bonds is 2. The number of hydrogen-bond acceptors (Lipinski definition) is 0. The zero-order valence-corrected chi connectivity index (χ0v) is 20.7. The van der Waals surface area contributed by atoms with Crippen LogP contribution in [0.15, 0.2) is 47.6 Å². The summed E-state index contributed by atoms with van der Waals surface area (Å²) in [7, 11) is 0. The van der Waals surface area contributed by atoms with Crippen LogP contribution in [0.4, 0.5) is 0 Å². The van der Waals surface area contributed by atoms with Gasteiger partial charge in [0.15, 0.2) is 0 Å². The summed E-state index contributed by atoms with van der Waals surface area (Å²) in [5, 5.41) is 0. The third-order valence-electron chi connectivity index (χ3n) is 5.99. The maximum absolute atomic E-state index is 2.44. The van der Waals surface area contributed by atoms with Gasteiger partial charge in [-0.2, -0.15) is 0 Å². The zero-order chi connectivity index (χ0) is 16.2. The Balaban J connectivity index is 0.00000144. The molecule has 0 spiro atoms. The van der Waals surface area contributed by atoms with Crippen LogP contribution in [-0.2, 0) is 22.9 Å². The predicted octanol–water partition coefficient (Wildman–Crippen LogP) is 0.275. The molecule has 0 amide bonds. The van der Waals surface area contributed by atoms with Gasteiger partial charge in [0.05, 0.1) is 0 Å². The van der Waals surface area contributed by atoms with Gasteiger partial charge in [-0.3, -0.25) is 0 Å². The van der Waals surface area contributed by atoms with Gasteiger partial charge >= 0.3 is 147 Å². The fraction of sp³-hybridized carbons (Fsp3) is 0.429. The van der Waals surface area contributed by atoms with Crippen LogP contribution in [0.2, 0.25) is 0 Å². The van der Waals surface area contributed by atoms with E-state index in [2.05, 4.69) is 72.7 Å². The zero-order valence-electron chi connectivity index (χ0n) is 15.6. The summed E-state index contributed by atoms with van der Waals surface area (Å²) < 4.78 is 3.63. The molecule has 0 N–H and O–H groups in total. The SMILES string of the molecule is CC1=C(C)C(C)(C)[C]([Hf+2][C]2=C(C)c3ccccc3C2C)=C1C.[Cl-].[Cl-]. The van der Waals surface area contributed by atoms with E-state index in [0.717, 1.165) is 0 Å². The monoisotopic (exact) mass is 528 g/mol. The van der Waals surface area contributed by atoms with Gasteiger partial charge in [-0.1, -0.05) is 0 Å². The molecule has 0 radical (unpaired) electrons. The smallest absolute Gasteiger partial charge is 1.00 e. The third kappa shape index (κ3) is 3.17. The van der Waals surface area contributed by atoms with E-state index < -0.39 is 22.9 Å². The molecule has 3 heteroatoms. The van der Waals surface area contributed by atoms with Crippen LogP contribution in [0.1, 0.15) is 65.5 Å². The first-order chi connectivity index (χ1) is 10.3. The summed E-state index contributed by atoms with van der Waals surface area (Å²) in [5.74, 6) is 0.636. The van der Waals surface area contributed by atoms with Crippen molar-refractivity contribution in [2.75, 3.05) is 0 Å². The van der Waals surface area contributed by atoms with E-state index >= 15 is 0 Å². The van der Waals surface area contributed by atoms with E-state index in [1.807, 2.05) is 6.66 Å². The summed E-state index contributed by atoms with van der Waals surface area (Å²) in [6.45, 7) is 16.7. The van der Waals surface area contributed by atoms with E-state index in [0.29, 0.717) is 11.3 Å². The van der Waals surface area contributed by atoms with Crippen LogP contribution in [0.25, 0.3) is 5.57 Å². The molecule has 1 atom stereocenters. The standard InChI is InChI=1S/C11H11.C10H15.2ClH.Hf/c1-8-7-9(2)11-6-4-3-5-10(8)11;1-7-6-10(4,5)9(3)8(7)2;;;/h3-6,8H,1-2H3;1-5H3;2*1H;/q;;;;+2/p-2. The molecule has 0 aromatic heterocycles. The second kappa shape index (κ2) is 7.64. The first kappa shape index (κ1) is 21.9. The summed E-state index contributed by atoms with van der Waals surface area (Å²) in [6.07, 6.45) is 0. The Kier molecular flexibility index (Phi) is 6.98. The van der Waals surface area contributed by atoms with Gasteiger partial charge in [0, 0.05) is 0 Å². The molecule has 2 aliphatic rings. The minimum Gasteiger partial charge on any atom is -1.00 e. The Morgan fingerprint density at radius 3 is 1.96 bits per heavy atom. The Bertz CT molecular complexity index is 751. The molecule has 0 fully saturated rings. The average molecular weight is 528 g/mol. The van der Waals surface area contributed by atoms with Crippen molar-refractivity contribution in [2.45, 2.75) is 54.4 Å². The minimum absolute atomic E-state index is 0. The molecule has 0 heterocycles. The number of benzene rings is 1. The van der Waals surface area contributed by atoms with Crippen molar-refractivity contribution < 1.29 is 47.7 Å². The topological polar surface area (TPSA) is 0 Å². The van der Waals surface area contributed by atoms with Crippen molar-refractivity contribution in [1.29, 1.82) is 0 Å². The molecule has 0 aliphatic heterocycles. The number of allylic oxidation sites excluding steroid dienone is 6. The van der Waals surface area contributed by atoms with Gasteiger partial charge < -0.3 is 24.8 Å². The molecule has 24 heavy (non-hydrogen) atoms. The molecule has 0 saturated carbocycles. The van der Waals surface area contributed by atoms with Crippen LogP contribution < -0.4 is 24.8 Å². The second-order valence-corrected chi connectivity index (χ2v) is 12.0. The normalized spacial score (nSPS) is 21.4. The molecule has 1 aromatic carbocycles. The molecule has 1 unspecified atom stereocenters. The molecular weight excluding hydrogens is 502 g/mol. The third-order valence-corrected chi connectivity index (χ3v) is 14.4. The molecule has 128 valence electrons. The number of hydrogen-bond donors (Lipinski definition) is 0. The van der Waals surface area contributed by atoms with Gasteiger partial charge in [-0.05, 0) is 0 Å². The van der Waals surface area contributed by atoms with Crippen molar-refractivity contribution >= 4 is 5.57 Å². The summed E-state index contributed by atoms with van der Waals surface area (Å²) >= 11 is -0.997. The van der Waals surface area contributed by atoms with Crippen LogP contribution in [0, 0.1) is 5.41 Å². The molecule has 2 aliphatic carbocycles. The van der Waals surface area contributed by atoms with Crippen LogP contribution >= 0.6 is 0 Å². The second-order valence-electron chi connectivity index (χ2n) is 7.35. The van der Waals surface area contributed by atoms with Crippen LogP contribution in [0.3, 0.4) is 0 Å². The molecule has 3 rings (SSSR count). The van der Waals surface area contributed by atoms with Gasteiger partial charge in [0.25, 0.3) is 0 Å². The molecule has 0 nitrogen and oxygen atoms in total. The first-order valence-electron chi connectivity index (χ1n) is 8.23. The van der Waals surface area contributed by atoms with Crippen LogP contribution in [-0.4, -0.2) is 0 Å². The fourth-order valence-electron chi connectivity index (χ4n) is 4.02. The Labute approximate surface area is 171 Å². The van der Waals surface area contributed by atoms with E-state index in [1.165, 1.54) is 5.56 Å². The van der Waals surface area contributed by atoms with Crippen molar-refractivity contribution in [1.82, 2.24) is 0 Å². The summed E-state index contributed by atoms with van der Waals surface area (Å²) in [4.78, 5) is 0. The Hall–Kier alpha value is -0.110. The van der Waals surface area contributed by atoms with Crippen LogP contribution in [0.5, 0.6) is 0 Å². The quantitative estimate of drug-likeness (QED) is 0.485. The number of halogens is 2.